The van der Waals surface area contributed by atoms with Crippen LogP contribution in [0.1, 0.15) is 27.2 Å². The smallest absolute Gasteiger partial charge is 0.294 e. The molecular weight excluding hydrogens is 408 g/mol. The molecule has 6 nitrogen and oxygen atoms in total. The van der Waals surface area contributed by atoms with Gasteiger partial charge in [0.25, 0.3) is 5.91 Å². The van der Waals surface area contributed by atoms with Gasteiger partial charge in [0.1, 0.15) is 11.9 Å². The summed E-state index contributed by atoms with van der Waals surface area (Å²) in [6.07, 6.45) is 1.59. The van der Waals surface area contributed by atoms with Crippen LogP contribution in [-0.4, -0.2) is 20.7 Å². The Balaban J connectivity index is 1.52. The van der Waals surface area contributed by atoms with Crippen molar-refractivity contribution in [1.82, 2.24) is 14.8 Å². The molecule has 1 N–H and O–H groups in total. The van der Waals surface area contributed by atoms with Gasteiger partial charge in [0.05, 0.1) is 6.54 Å². The number of nitrogens with one attached hydrogen (secondary N) is 1. The van der Waals surface area contributed by atoms with Gasteiger partial charge in [0.15, 0.2) is 5.76 Å². The van der Waals surface area contributed by atoms with Gasteiger partial charge in [-0.25, -0.2) is 9.67 Å². The Morgan fingerprint density at radius 2 is 1.96 bits per heavy atom. The fraction of sp³-hybridized carbons (Fsp3) is 0.150. The number of nitrogens with zero attached hydrogens (tertiary/aromatic N) is 3. The zero-order valence-corrected chi connectivity index (χ0v) is 16.4. The maximum atomic E-state index is 12.6. The van der Waals surface area contributed by atoms with E-state index in [4.69, 9.17) is 4.42 Å². The summed E-state index contributed by atoms with van der Waals surface area (Å²) in [5.41, 5.74) is 3.62. The van der Waals surface area contributed by atoms with Crippen molar-refractivity contribution in [2.75, 3.05) is 5.32 Å². The van der Waals surface area contributed by atoms with Gasteiger partial charge in [0, 0.05) is 15.4 Å². The molecule has 2 aromatic carbocycles. The lowest BCUT2D eigenvalue weighted by atomic mass is 10.1. The molecule has 0 atom stereocenters. The number of para-hydroxylation sites is 1. The van der Waals surface area contributed by atoms with Crippen molar-refractivity contribution in [3.8, 4) is 0 Å². The number of aromatic nitrogens is 3. The third kappa shape index (κ3) is 3.50. The first kappa shape index (κ1) is 17.5. The van der Waals surface area contributed by atoms with Crippen LogP contribution in [0.15, 0.2) is 57.7 Å². The van der Waals surface area contributed by atoms with E-state index in [0.717, 1.165) is 32.1 Å². The van der Waals surface area contributed by atoms with Crippen LogP contribution in [-0.2, 0) is 6.54 Å². The number of benzene rings is 2. The first-order valence-corrected chi connectivity index (χ1v) is 9.24. The highest BCUT2D eigenvalue weighted by Gasteiger charge is 2.19. The quantitative estimate of drug-likeness (QED) is 0.514. The molecule has 0 fully saturated rings. The SMILES string of the molecule is Cc1c(C(=O)Nc2ncn(Cc3ccc(Br)cc3)n2)oc2c(C)cccc12. The molecule has 0 saturated carbocycles. The summed E-state index contributed by atoms with van der Waals surface area (Å²) in [6, 6.07) is 13.8. The summed E-state index contributed by atoms with van der Waals surface area (Å²) >= 11 is 3.42. The molecule has 0 aliphatic heterocycles. The number of halogens is 1. The molecule has 0 bridgehead atoms. The summed E-state index contributed by atoms with van der Waals surface area (Å²) < 4.78 is 8.50. The number of fused-ring (bicyclic) bond motifs is 1. The van der Waals surface area contributed by atoms with Gasteiger partial charge in [-0.15, -0.1) is 5.10 Å². The van der Waals surface area contributed by atoms with Gasteiger partial charge in [-0.05, 0) is 37.1 Å². The number of hydrogen-bond donors (Lipinski definition) is 1. The first-order valence-electron chi connectivity index (χ1n) is 8.45. The minimum atomic E-state index is -0.357. The molecule has 4 rings (SSSR count). The lowest BCUT2D eigenvalue weighted by Crippen LogP contribution is -2.13. The molecule has 7 heteroatoms. The third-order valence-electron chi connectivity index (χ3n) is 4.39. The maximum Gasteiger partial charge on any atom is 0.294 e. The van der Waals surface area contributed by atoms with Crippen LogP contribution >= 0.6 is 15.9 Å². The van der Waals surface area contributed by atoms with Crippen molar-refractivity contribution in [3.63, 3.8) is 0 Å². The topological polar surface area (TPSA) is 73.0 Å². The molecule has 0 spiro atoms. The van der Waals surface area contributed by atoms with Crippen molar-refractivity contribution >= 4 is 38.8 Å². The lowest BCUT2D eigenvalue weighted by Gasteiger charge is -2.01. The minimum absolute atomic E-state index is 0.244. The normalized spacial score (nSPS) is 11.1. The molecule has 2 aromatic heterocycles. The second-order valence-corrected chi connectivity index (χ2v) is 7.27. The molecule has 136 valence electrons. The van der Waals surface area contributed by atoms with Crippen LogP contribution in [0.4, 0.5) is 5.95 Å². The van der Waals surface area contributed by atoms with E-state index in [2.05, 4.69) is 31.3 Å². The number of carbonyl (C=O) groups is 1. The Morgan fingerprint density at radius 3 is 2.70 bits per heavy atom. The van der Waals surface area contributed by atoms with Crippen molar-refractivity contribution in [2.24, 2.45) is 0 Å². The van der Waals surface area contributed by atoms with E-state index in [0.29, 0.717) is 6.54 Å². The number of carbonyl (C=O) groups excluding carboxylic acids is 1. The predicted octanol–water partition coefficient (Wildman–Crippen LogP) is 4.70. The molecule has 0 radical (unpaired) electrons. The zero-order chi connectivity index (χ0) is 19.0. The molecular formula is C20H17BrN4O2. The summed E-state index contributed by atoms with van der Waals surface area (Å²) in [7, 11) is 0. The summed E-state index contributed by atoms with van der Waals surface area (Å²) in [6.45, 7) is 4.40. The zero-order valence-electron chi connectivity index (χ0n) is 14.9. The van der Waals surface area contributed by atoms with Gasteiger partial charge < -0.3 is 4.42 Å². The predicted molar refractivity (Wildman–Crippen MR) is 107 cm³/mol. The van der Waals surface area contributed by atoms with Crippen molar-refractivity contribution in [2.45, 2.75) is 20.4 Å². The van der Waals surface area contributed by atoms with Gasteiger partial charge in [-0.2, -0.15) is 0 Å². The second kappa shape index (κ2) is 7.00. The van der Waals surface area contributed by atoms with E-state index in [1.807, 2.05) is 56.3 Å². The van der Waals surface area contributed by atoms with Crippen LogP contribution < -0.4 is 5.32 Å². The van der Waals surface area contributed by atoms with E-state index in [-0.39, 0.29) is 17.6 Å². The highest BCUT2D eigenvalue weighted by Crippen LogP contribution is 2.28. The van der Waals surface area contributed by atoms with Gasteiger partial charge in [0.2, 0.25) is 5.95 Å². The largest absolute Gasteiger partial charge is 0.450 e. The fourth-order valence-corrected chi connectivity index (χ4v) is 3.23. The number of hydrogen-bond acceptors (Lipinski definition) is 4. The van der Waals surface area contributed by atoms with Crippen LogP contribution in [0.5, 0.6) is 0 Å². The summed E-state index contributed by atoms with van der Waals surface area (Å²) in [4.78, 5) is 16.8. The fourth-order valence-electron chi connectivity index (χ4n) is 2.96. The Morgan fingerprint density at radius 1 is 1.19 bits per heavy atom. The molecule has 1 amide bonds. The Bertz CT molecular complexity index is 1130. The van der Waals surface area contributed by atoms with E-state index in [9.17, 15) is 4.79 Å². The molecule has 27 heavy (non-hydrogen) atoms. The molecule has 0 aliphatic rings. The van der Waals surface area contributed by atoms with Crippen molar-refractivity contribution in [3.05, 3.63) is 75.7 Å². The average molecular weight is 425 g/mol. The third-order valence-corrected chi connectivity index (χ3v) is 4.92. The number of amides is 1. The number of rotatable bonds is 4. The van der Waals surface area contributed by atoms with Gasteiger partial charge in [-0.3, -0.25) is 10.1 Å². The molecule has 0 aliphatic carbocycles. The van der Waals surface area contributed by atoms with Crippen molar-refractivity contribution in [1.29, 1.82) is 0 Å². The number of furan rings is 1. The van der Waals surface area contributed by atoms with E-state index < -0.39 is 0 Å². The second-order valence-electron chi connectivity index (χ2n) is 6.35. The standard InChI is InChI=1S/C20H17BrN4O2/c1-12-4-3-5-16-13(2)18(27-17(12)16)19(26)23-20-22-11-25(24-20)10-14-6-8-15(21)9-7-14/h3-9,11H,10H2,1-2H3,(H,23,24,26). The van der Waals surface area contributed by atoms with Crippen LogP contribution in [0.2, 0.25) is 0 Å². The highest BCUT2D eigenvalue weighted by atomic mass is 79.9. The molecule has 2 heterocycles. The number of anilines is 1. The van der Waals surface area contributed by atoms with E-state index >= 15 is 0 Å². The van der Waals surface area contributed by atoms with Gasteiger partial charge in [-0.1, -0.05) is 46.3 Å². The number of aryl methyl sites for hydroxylation is 2. The van der Waals surface area contributed by atoms with Crippen molar-refractivity contribution < 1.29 is 9.21 Å². The highest BCUT2D eigenvalue weighted by molar-refractivity contribution is 9.10. The Labute approximate surface area is 164 Å². The average Bonchev–Trinajstić information content (AvgIpc) is 3.22. The van der Waals surface area contributed by atoms with Gasteiger partial charge >= 0.3 is 0 Å². The first-order chi connectivity index (χ1) is 13.0. The Hall–Kier alpha value is -2.93. The maximum absolute atomic E-state index is 12.6. The monoisotopic (exact) mass is 424 g/mol. The Kier molecular flexibility index (Phi) is 4.53. The van der Waals surface area contributed by atoms with Crippen LogP contribution in [0, 0.1) is 13.8 Å². The summed E-state index contributed by atoms with van der Waals surface area (Å²) in [5.74, 6) is 0.168. The molecule has 0 unspecified atom stereocenters. The molecule has 0 saturated heterocycles. The van der Waals surface area contributed by atoms with E-state index in [1.54, 1.807) is 11.0 Å². The van der Waals surface area contributed by atoms with E-state index in [1.165, 1.54) is 0 Å². The molecule has 4 aromatic rings. The van der Waals surface area contributed by atoms with Crippen LogP contribution in [0.3, 0.4) is 0 Å². The van der Waals surface area contributed by atoms with Crippen LogP contribution in [0.25, 0.3) is 11.0 Å². The summed E-state index contributed by atoms with van der Waals surface area (Å²) in [5, 5.41) is 7.97. The minimum Gasteiger partial charge on any atom is -0.450 e. The lowest BCUT2D eigenvalue weighted by molar-refractivity contribution is 0.0997.